The van der Waals surface area contributed by atoms with Crippen molar-refractivity contribution in [1.29, 1.82) is 0 Å². The van der Waals surface area contributed by atoms with Crippen LogP contribution in [0.25, 0.3) is 11.1 Å². The number of nitrogens with zero attached hydrogens (tertiary/aromatic N) is 2. The van der Waals surface area contributed by atoms with Gasteiger partial charge in [-0.2, -0.15) is 0 Å². The van der Waals surface area contributed by atoms with Crippen LogP contribution in [0.4, 0.5) is 11.4 Å². The molecule has 1 aliphatic rings. The fourth-order valence-electron chi connectivity index (χ4n) is 3.52. The molecule has 1 fully saturated rings. The van der Waals surface area contributed by atoms with Gasteiger partial charge in [-0.25, -0.2) is 4.98 Å². The van der Waals surface area contributed by atoms with Crippen LogP contribution in [0, 0.1) is 12.8 Å². The van der Waals surface area contributed by atoms with Gasteiger partial charge in [-0.05, 0) is 36.2 Å². The highest BCUT2D eigenvalue weighted by molar-refractivity contribution is 6.04. The van der Waals surface area contributed by atoms with Gasteiger partial charge in [-0.15, -0.1) is 0 Å². The SMILES string of the molecule is CCc1ccccc1NC(=O)[C@H]1CC(=O)N(c2ccc3oc(C)nc3c2)C1. The highest BCUT2D eigenvalue weighted by atomic mass is 16.3. The second kappa shape index (κ2) is 6.87. The Balaban J connectivity index is 1.51. The molecule has 2 heterocycles. The van der Waals surface area contributed by atoms with Gasteiger partial charge >= 0.3 is 0 Å². The monoisotopic (exact) mass is 363 g/mol. The van der Waals surface area contributed by atoms with Crippen LogP contribution in [-0.2, 0) is 16.0 Å². The minimum absolute atomic E-state index is 0.0570. The maximum Gasteiger partial charge on any atom is 0.229 e. The van der Waals surface area contributed by atoms with Gasteiger partial charge in [0.1, 0.15) is 5.52 Å². The summed E-state index contributed by atoms with van der Waals surface area (Å²) in [7, 11) is 0. The van der Waals surface area contributed by atoms with E-state index in [0.717, 1.165) is 23.4 Å². The lowest BCUT2D eigenvalue weighted by molar-refractivity contribution is -0.122. The molecular formula is C21H21N3O3. The van der Waals surface area contributed by atoms with Crippen molar-refractivity contribution in [3.63, 3.8) is 0 Å². The van der Waals surface area contributed by atoms with E-state index in [1.807, 2.05) is 49.4 Å². The highest BCUT2D eigenvalue weighted by Crippen LogP contribution is 2.29. The summed E-state index contributed by atoms with van der Waals surface area (Å²) in [4.78, 5) is 31.2. The van der Waals surface area contributed by atoms with E-state index in [9.17, 15) is 9.59 Å². The van der Waals surface area contributed by atoms with Crippen LogP contribution in [0.15, 0.2) is 46.9 Å². The molecule has 0 saturated carbocycles. The Morgan fingerprint density at radius 1 is 1.30 bits per heavy atom. The molecule has 6 heteroatoms. The van der Waals surface area contributed by atoms with Crippen molar-refractivity contribution in [3.05, 3.63) is 53.9 Å². The van der Waals surface area contributed by atoms with Gasteiger partial charge in [0.15, 0.2) is 11.5 Å². The number of hydrogen-bond donors (Lipinski definition) is 1. The van der Waals surface area contributed by atoms with Gasteiger partial charge in [0.05, 0.1) is 5.92 Å². The number of hydrogen-bond acceptors (Lipinski definition) is 4. The summed E-state index contributed by atoms with van der Waals surface area (Å²) in [5.41, 5.74) is 4.04. The molecular weight excluding hydrogens is 342 g/mol. The lowest BCUT2D eigenvalue weighted by Gasteiger charge is -2.17. The van der Waals surface area contributed by atoms with E-state index in [1.165, 1.54) is 0 Å². The largest absolute Gasteiger partial charge is 0.441 e. The molecule has 2 amide bonds. The number of aromatic nitrogens is 1. The number of carbonyl (C=O) groups is 2. The Morgan fingerprint density at radius 2 is 2.11 bits per heavy atom. The second-order valence-electron chi connectivity index (χ2n) is 6.79. The van der Waals surface area contributed by atoms with Crippen molar-refractivity contribution < 1.29 is 14.0 Å². The second-order valence-corrected chi connectivity index (χ2v) is 6.79. The lowest BCUT2D eigenvalue weighted by atomic mass is 10.1. The van der Waals surface area contributed by atoms with Crippen molar-refractivity contribution >= 4 is 34.3 Å². The molecule has 4 rings (SSSR count). The predicted molar refractivity (Wildman–Crippen MR) is 104 cm³/mol. The molecule has 1 aliphatic heterocycles. The fourth-order valence-corrected chi connectivity index (χ4v) is 3.52. The van der Waals surface area contributed by atoms with Gasteiger partial charge in [0.2, 0.25) is 11.8 Å². The van der Waals surface area contributed by atoms with Crippen molar-refractivity contribution in [2.45, 2.75) is 26.7 Å². The minimum Gasteiger partial charge on any atom is -0.441 e. The fraction of sp³-hybridized carbons (Fsp3) is 0.286. The number of fused-ring (bicyclic) bond motifs is 1. The van der Waals surface area contributed by atoms with Gasteiger partial charge in [-0.1, -0.05) is 25.1 Å². The van der Waals surface area contributed by atoms with E-state index in [2.05, 4.69) is 10.3 Å². The van der Waals surface area contributed by atoms with Crippen LogP contribution in [0.3, 0.4) is 0 Å². The van der Waals surface area contributed by atoms with Crippen LogP contribution in [0.2, 0.25) is 0 Å². The van der Waals surface area contributed by atoms with Crippen LogP contribution in [0.1, 0.15) is 24.8 Å². The summed E-state index contributed by atoms with van der Waals surface area (Å²) in [6.45, 7) is 4.20. The molecule has 27 heavy (non-hydrogen) atoms. The Morgan fingerprint density at radius 3 is 2.93 bits per heavy atom. The van der Waals surface area contributed by atoms with E-state index in [-0.39, 0.29) is 24.2 Å². The number of carbonyl (C=O) groups excluding carboxylic acids is 2. The van der Waals surface area contributed by atoms with Crippen LogP contribution in [-0.4, -0.2) is 23.3 Å². The number of nitrogens with one attached hydrogen (secondary N) is 1. The first-order chi connectivity index (χ1) is 13.0. The van der Waals surface area contributed by atoms with E-state index in [1.54, 1.807) is 11.8 Å². The quantitative estimate of drug-likeness (QED) is 0.767. The molecule has 0 unspecified atom stereocenters. The smallest absolute Gasteiger partial charge is 0.229 e. The van der Waals surface area contributed by atoms with Crippen molar-refractivity contribution in [2.75, 3.05) is 16.8 Å². The Labute approximate surface area is 157 Å². The summed E-state index contributed by atoms with van der Waals surface area (Å²) in [6, 6.07) is 13.2. The van der Waals surface area contributed by atoms with Gasteiger partial charge in [-0.3, -0.25) is 9.59 Å². The third kappa shape index (κ3) is 3.30. The number of para-hydroxylation sites is 1. The van der Waals surface area contributed by atoms with E-state index >= 15 is 0 Å². The minimum atomic E-state index is -0.378. The molecule has 3 aromatic rings. The molecule has 0 aliphatic carbocycles. The zero-order valence-electron chi connectivity index (χ0n) is 15.4. The van der Waals surface area contributed by atoms with Gasteiger partial charge in [0, 0.05) is 31.3 Å². The van der Waals surface area contributed by atoms with Crippen LogP contribution in [0.5, 0.6) is 0 Å². The Bertz CT molecular complexity index is 1020. The first-order valence-electron chi connectivity index (χ1n) is 9.11. The Hall–Kier alpha value is -3.15. The molecule has 1 N–H and O–H groups in total. The highest BCUT2D eigenvalue weighted by Gasteiger charge is 2.35. The number of oxazole rings is 1. The zero-order chi connectivity index (χ0) is 19.0. The first-order valence-corrected chi connectivity index (χ1v) is 9.11. The number of rotatable bonds is 4. The molecule has 1 aromatic heterocycles. The molecule has 0 spiro atoms. The number of benzene rings is 2. The third-order valence-corrected chi connectivity index (χ3v) is 4.94. The van der Waals surface area contributed by atoms with Crippen molar-refractivity contribution in [1.82, 2.24) is 4.98 Å². The molecule has 1 atom stereocenters. The number of anilines is 2. The third-order valence-electron chi connectivity index (χ3n) is 4.94. The summed E-state index contributed by atoms with van der Waals surface area (Å²) in [5, 5.41) is 2.98. The van der Waals surface area contributed by atoms with Crippen LogP contribution < -0.4 is 10.2 Å². The number of aryl methyl sites for hydroxylation is 2. The van der Waals surface area contributed by atoms with Gasteiger partial charge in [0.25, 0.3) is 0 Å². The van der Waals surface area contributed by atoms with Crippen LogP contribution >= 0.6 is 0 Å². The summed E-state index contributed by atoms with van der Waals surface area (Å²) >= 11 is 0. The Kier molecular flexibility index (Phi) is 4.39. The summed E-state index contributed by atoms with van der Waals surface area (Å²) in [5.74, 6) is 0.0301. The lowest BCUT2D eigenvalue weighted by Crippen LogP contribution is -2.28. The van der Waals surface area contributed by atoms with E-state index in [0.29, 0.717) is 23.5 Å². The topological polar surface area (TPSA) is 75.4 Å². The normalized spacial score (nSPS) is 16.9. The first kappa shape index (κ1) is 17.3. The van der Waals surface area contributed by atoms with E-state index in [4.69, 9.17) is 4.42 Å². The molecule has 0 radical (unpaired) electrons. The number of amides is 2. The average Bonchev–Trinajstić information content (AvgIpc) is 3.23. The average molecular weight is 363 g/mol. The molecule has 1 saturated heterocycles. The van der Waals surface area contributed by atoms with Gasteiger partial charge < -0.3 is 14.6 Å². The molecule has 6 nitrogen and oxygen atoms in total. The van der Waals surface area contributed by atoms with Crippen molar-refractivity contribution in [3.8, 4) is 0 Å². The molecule has 138 valence electrons. The molecule has 0 bridgehead atoms. The maximum absolute atomic E-state index is 12.7. The van der Waals surface area contributed by atoms with E-state index < -0.39 is 0 Å². The molecule has 2 aromatic carbocycles. The summed E-state index contributed by atoms with van der Waals surface area (Å²) < 4.78 is 5.48. The zero-order valence-corrected chi connectivity index (χ0v) is 15.4. The standard InChI is InChI=1S/C21H21N3O3/c1-3-14-6-4-5-7-17(14)23-21(26)15-10-20(25)24(12-15)16-8-9-19-18(11-16)22-13(2)27-19/h4-9,11,15H,3,10,12H2,1-2H3,(H,23,26)/t15-/m0/s1. The summed E-state index contributed by atoms with van der Waals surface area (Å²) in [6.07, 6.45) is 1.04. The van der Waals surface area contributed by atoms with Crippen molar-refractivity contribution in [2.24, 2.45) is 5.92 Å². The predicted octanol–water partition coefficient (Wildman–Crippen LogP) is 3.69. The maximum atomic E-state index is 12.7.